The van der Waals surface area contributed by atoms with Crippen molar-refractivity contribution in [2.45, 2.75) is 25.8 Å². The lowest BCUT2D eigenvalue weighted by Gasteiger charge is -2.22. The molecule has 4 nitrogen and oxygen atoms in total. The molecule has 0 spiro atoms. The van der Waals surface area contributed by atoms with Gasteiger partial charge in [-0.1, -0.05) is 18.2 Å². The van der Waals surface area contributed by atoms with E-state index in [9.17, 15) is 9.18 Å². The van der Waals surface area contributed by atoms with E-state index in [-0.39, 0.29) is 30.2 Å². The Morgan fingerprint density at radius 1 is 1.44 bits per heavy atom. The molecule has 1 aromatic heterocycles. The molecule has 0 aliphatic carbocycles. The number of anilines is 1. The second kappa shape index (κ2) is 9.52. The van der Waals surface area contributed by atoms with E-state index in [0.29, 0.717) is 23.5 Å². The fourth-order valence-electron chi connectivity index (χ4n) is 2.61. The van der Waals surface area contributed by atoms with E-state index >= 15 is 0 Å². The zero-order valence-electron chi connectivity index (χ0n) is 13.9. The SMILES string of the molecule is Cc1nc(NC(=O)CC2CSCCN2)sc1Cc1ccccc1F.Cl. The van der Waals surface area contributed by atoms with E-state index in [4.69, 9.17) is 0 Å². The van der Waals surface area contributed by atoms with Gasteiger partial charge in [-0.2, -0.15) is 11.8 Å². The Morgan fingerprint density at radius 3 is 2.96 bits per heavy atom. The Balaban J connectivity index is 0.00000225. The molecule has 0 radical (unpaired) electrons. The van der Waals surface area contributed by atoms with Crippen molar-refractivity contribution in [2.75, 3.05) is 23.4 Å². The number of benzene rings is 1. The normalized spacial score (nSPS) is 17.0. The average molecular weight is 402 g/mol. The molecule has 1 aromatic carbocycles. The predicted octanol–water partition coefficient (Wildman–Crippen LogP) is 3.64. The number of thiazole rings is 1. The number of nitrogens with one attached hydrogen (secondary N) is 2. The van der Waals surface area contributed by atoms with E-state index in [0.717, 1.165) is 28.6 Å². The summed E-state index contributed by atoms with van der Waals surface area (Å²) in [4.78, 5) is 17.5. The van der Waals surface area contributed by atoms with Crippen molar-refractivity contribution in [1.29, 1.82) is 0 Å². The van der Waals surface area contributed by atoms with Gasteiger partial charge in [-0.15, -0.1) is 23.7 Å². The van der Waals surface area contributed by atoms with E-state index in [1.807, 2.05) is 24.8 Å². The highest BCUT2D eigenvalue weighted by atomic mass is 35.5. The maximum atomic E-state index is 13.8. The van der Waals surface area contributed by atoms with Crippen molar-refractivity contribution in [3.8, 4) is 0 Å². The van der Waals surface area contributed by atoms with E-state index in [2.05, 4.69) is 15.6 Å². The van der Waals surface area contributed by atoms with Crippen molar-refractivity contribution >= 4 is 46.5 Å². The molecule has 2 heterocycles. The number of carbonyl (C=O) groups is 1. The van der Waals surface area contributed by atoms with Gasteiger partial charge >= 0.3 is 0 Å². The number of hydrogen-bond acceptors (Lipinski definition) is 5. The first kappa shape index (κ1) is 20.2. The van der Waals surface area contributed by atoms with Crippen molar-refractivity contribution in [3.63, 3.8) is 0 Å². The van der Waals surface area contributed by atoms with Crippen LogP contribution >= 0.6 is 35.5 Å². The number of hydrogen-bond donors (Lipinski definition) is 2. The number of thioether (sulfide) groups is 1. The molecule has 2 N–H and O–H groups in total. The standard InChI is InChI=1S/C17H20FN3OS2.ClH/c1-11-15(8-12-4-2-3-5-14(12)18)24-17(20-11)21-16(22)9-13-10-23-7-6-19-13;/h2-5,13,19H,6-10H2,1H3,(H,20,21,22);1H. The Labute approximate surface area is 161 Å². The lowest BCUT2D eigenvalue weighted by molar-refractivity contribution is -0.116. The molecule has 3 rings (SSSR count). The molecule has 1 aliphatic heterocycles. The van der Waals surface area contributed by atoms with Gasteiger partial charge in [0.25, 0.3) is 0 Å². The summed E-state index contributed by atoms with van der Waals surface area (Å²) >= 11 is 3.29. The molecule has 1 aliphatic rings. The van der Waals surface area contributed by atoms with Crippen LogP contribution in [0.25, 0.3) is 0 Å². The van der Waals surface area contributed by atoms with Crippen LogP contribution in [0.1, 0.15) is 22.6 Å². The fourth-order valence-corrected chi connectivity index (χ4v) is 4.56. The van der Waals surface area contributed by atoms with Gasteiger partial charge in [0.15, 0.2) is 5.13 Å². The van der Waals surface area contributed by atoms with Crippen LogP contribution in [0.2, 0.25) is 0 Å². The molecule has 8 heteroatoms. The van der Waals surface area contributed by atoms with E-state index < -0.39 is 0 Å². The molecule has 1 atom stereocenters. The summed E-state index contributed by atoms with van der Waals surface area (Å²) in [5.74, 6) is 1.82. The Kier molecular flexibility index (Phi) is 7.68. The first-order valence-electron chi connectivity index (χ1n) is 7.92. The van der Waals surface area contributed by atoms with Gasteiger partial charge in [0, 0.05) is 41.8 Å². The summed E-state index contributed by atoms with van der Waals surface area (Å²) in [5.41, 5.74) is 1.48. The maximum absolute atomic E-state index is 13.8. The molecule has 1 fully saturated rings. The highest BCUT2D eigenvalue weighted by molar-refractivity contribution is 7.99. The summed E-state index contributed by atoms with van der Waals surface area (Å²) in [5, 5.41) is 6.82. The van der Waals surface area contributed by atoms with Crippen LogP contribution in [-0.4, -0.2) is 35.0 Å². The maximum Gasteiger partial charge on any atom is 0.227 e. The molecular weight excluding hydrogens is 381 g/mol. The first-order chi connectivity index (χ1) is 11.6. The molecule has 1 unspecified atom stereocenters. The van der Waals surface area contributed by atoms with Gasteiger partial charge in [-0.25, -0.2) is 9.37 Å². The topological polar surface area (TPSA) is 54.0 Å². The smallest absolute Gasteiger partial charge is 0.227 e. The number of aromatic nitrogens is 1. The van der Waals surface area contributed by atoms with Crippen molar-refractivity contribution in [3.05, 3.63) is 46.2 Å². The molecule has 2 aromatic rings. The summed E-state index contributed by atoms with van der Waals surface area (Å²) < 4.78 is 13.8. The third kappa shape index (κ3) is 5.67. The fraction of sp³-hybridized carbons (Fsp3) is 0.412. The molecule has 0 saturated carbocycles. The molecule has 0 bridgehead atoms. The summed E-state index contributed by atoms with van der Waals surface area (Å²) in [7, 11) is 0. The van der Waals surface area contributed by atoms with Crippen molar-refractivity contribution < 1.29 is 9.18 Å². The van der Waals surface area contributed by atoms with Crippen LogP contribution < -0.4 is 10.6 Å². The monoisotopic (exact) mass is 401 g/mol. The minimum absolute atomic E-state index is 0. The molecule has 25 heavy (non-hydrogen) atoms. The summed E-state index contributed by atoms with van der Waals surface area (Å²) in [6, 6.07) is 6.97. The number of amides is 1. The Hall–Kier alpha value is -1.15. The Morgan fingerprint density at radius 2 is 2.24 bits per heavy atom. The highest BCUT2D eigenvalue weighted by Gasteiger charge is 2.18. The quantitative estimate of drug-likeness (QED) is 0.803. The number of nitrogens with zero attached hydrogens (tertiary/aromatic N) is 1. The van der Waals surface area contributed by atoms with Crippen LogP contribution in [-0.2, 0) is 11.2 Å². The minimum Gasteiger partial charge on any atom is -0.312 e. The van der Waals surface area contributed by atoms with E-state index in [1.165, 1.54) is 17.4 Å². The van der Waals surface area contributed by atoms with Gasteiger partial charge < -0.3 is 10.6 Å². The van der Waals surface area contributed by atoms with Crippen LogP contribution in [0, 0.1) is 12.7 Å². The van der Waals surface area contributed by atoms with Crippen LogP contribution in [0.3, 0.4) is 0 Å². The van der Waals surface area contributed by atoms with Gasteiger partial charge in [-0.05, 0) is 18.6 Å². The summed E-state index contributed by atoms with van der Waals surface area (Å²) in [6.45, 7) is 2.84. The number of carbonyl (C=O) groups excluding carboxylic acids is 1. The lowest BCUT2D eigenvalue weighted by atomic mass is 10.1. The van der Waals surface area contributed by atoms with Crippen molar-refractivity contribution in [1.82, 2.24) is 10.3 Å². The first-order valence-corrected chi connectivity index (χ1v) is 9.89. The second-order valence-electron chi connectivity index (χ2n) is 5.77. The third-order valence-corrected chi connectivity index (χ3v) is 6.08. The molecular formula is C17H21ClFN3OS2. The summed E-state index contributed by atoms with van der Waals surface area (Å²) in [6.07, 6.45) is 0.946. The van der Waals surface area contributed by atoms with Gasteiger partial charge in [0.1, 0.15) is 5.82 Å². The average Bonchev–Trinajstić information content (AvgIpc) is 2.90. The third-order valence-electron chi connectivity index (χ3n) is 3.88. The van der Waals surface area contributed by atoms with Gasteiger partial charge in [-0.3, -0.25) is 4.79 Å². The zero-order chi connectivity index (χ0) is 16.9. The predicted molar refractivity (Wildman–Crippen MR) is 106 cm³/mol. The van der Waals surface area contributed by atoms with Crippen LogP contribution in [0.4, 0.5) is 9.52 Å². The van der Waals surface area contributed by atoms with E-state index in [1.54, 1.807) is 12.1 Å². The molecule has 136 valence electrons. The Bertz CT molecular complexity index is 720. The van der Waals surface area contributed by atoms with Gasteiger partial charge in [0.2, 0.25) is 5.91 Å². The lowest BCUT2D eigenvalue weighted by Crippen LogP contribution is -2.39. The zero-order valence-corrected chi connectivity index (χ0v) is 16.3. The second-order valence-corrected chi connectivity index (χ2v) is 8.01. The minimum atomic E-state index is -0.211. The van der Waals surface area contributed by atoms with Crippen molar-refractivity contribution in [2.24, 2.45) is 0 Å². The van der Waals surface area contributed by atoms with Gasteiger partial charge in [0.05, 0.1) is 5.69 Å². The highest BCUT2D eigenvalue weighted by Crippen LogP contribution is 2.26. The van der Waals surface area contributed by atoms with Crippen LogP contribution in [0.5, 0.6) is 0 Å². The molecule has 1 saturated heterocycles. The largest absolute Gasteiger partial charge is 0.312 e. The molecule has 1 amide bonds. The number of aryl methyl sites for hydroxylation is 1. The number of halogens is 2. The number of rotatable bonds is 5. The van der Waals surface area contributed by atoms with Crippen LogP contribution in [0.15, 0.2) is 24.3 Å².